The van der Waals surface area contributed by atoms with E-state index in [2.05, 4.69) is 26.1 Å². The quantitative estimate of drug-likeness (QED) is 0.845. The van der Waals surface area contributed by atoms with E-state index in [9.17, 15) is 0 Å². The molecule has 1 saturated carbocycles. The zero-order chi connectivity index (χ0) is 11.5. The fraction of sp³-hybridized carbons (Fsp3) is 0.714. The molecule has 1 aromatic rings. The molecular formula is C14H23NO. The molecule has 1 aliphatic rings. The third kappa shape index (κ3) is 2.49. The van der Waals surface area contributed by atoms with Gasteiger partial charge in [-0.1, -0.05) is 26.7 Å². The highest BCUT2D eigenvalue weighted by Crippen LogP contribution is 2.29. The summed E-state index contributed by atoms with van der Waals surface area (Å²) < 4.78 is 5.45. The van der Waals surface area contributed by atoms with Gasteiger partial charge in [0.25, 0.3) is 0 Å². The molecule has 1 aromatic heterocycles. The minimum absolute atomic E-state index is 0.660. The number of hydrogen-bond donors (Lipinski definition) is 1. The molecule has 90 valence electrons. The predicted molar refractivity (Wildman–Crippen MR) is 66.3 cm³/mol. The van der Waals surface area contributed by atoms with E-state index in [1.807, 2.05) is 6.07 Å². The Hall–Kier alpha value is -0.760. The summed E-state index contributed by atoms with van der Waals surface area (Å²) in [5.74, 6) is 2.72. The SMILES string of the molecule is Cc1ccoc1CNC1CCCC(C)C1C. The molecule has 0 radical (unpaired) electrons. The third-order valence-corrected chi connectivity index (χ3v) is 4.20. The molecule has 0 spiro atoms. The van der Waals surface area contributed by atoms with E-state index in [1.165, 1.54) is 24.8 Å². The lowest BCUT2D eigenvalue weighted by molar-refractivity contribution is 0.203. The van der Waals surface area contributed by atoms with E-state index in [1.54, 1.807) is 6.26 Å². The lowest BCUT2D eigenvalue weighted by Gasteiger charge is -2.34. The first kappa shape index (κ1) is 11.7. The molecule has 0 aliphatic heterocycles. The van der Waals surface area contributed by atoms with Crippen molar-refractivity contribution in [3.8, 4) is 0 Å². The maximum atomic E-state index is 5.45. The largest absolute Gasteiger partial charge is 0.468 e. The maximum Gasteiger partial charge on any atom is 0.120 e. The summed E-state index contributed by atoms with van der Waals surface area (Å²) in [6, 6.07) is 2.69. The Labute approximate surface area is 98.4 Å². The zero-order valence-electron chi connectivity index (χ0n) is 10.6. The second-order valence-electron chi connectivity index (χ2n) is 5.28. The van der Waals surface area contributed by atoms with Crippen molar-refractivity contribution in [2.75, 3.05) is 0 Å². The Morgan fingerprint density at radius 1 is 1.38 bits per heavy atom. The van der Waals surface area contributed by atoms with Gasteiger partial charge in [-0.05, 0) is 36.8 Å². The van der Waals surface area contributed by atoms with Crippen LogP contribution in [-0.2, 0) is 6.54 Å². The van der Waals surface area contributed by atoms with Gasteiger partial charge in [0.2, 0.25) is 0 Å². The maximum absolute atomic E-state index is 5.45. The minimum atomic E-state index is 0.660. The van der Waals surface area contributed by atoms with Gasteiger partial charge in [-0.2, -0.15) is 0 Å². The van der Waals surface area contributed by atoms with Crippen LogP contribution in [0.1, 0.15) is 44.4 Å². The van der Waals surface area contributed by atoms with Crippen molar-refractivity contribution in [2.45, 2.75) is 52.6 Å². The zero-order valence-corrected chi connectivity index (χ0v) is 10.6. The van der Waals surface area contributed by atoms with Crippen molar-refractivity contribution < 1.29 is 4.42 Å². The Balaban J connectivity index is 1.88. The average Bonchev–Trinajstić information content (AvgIpc) is 2.67. The number of rotatable bonds is 3. The van der Waals surface area contributed by atoms with E-state index >= 15 is 0 Å². The predicted octanol–water partition coefficient (Wildman–Crippen LogP) is 3.50. The topological polar surface area (TPSA) is 25.2 Å². The van der Waals surface area contributed by atoms with Gasteiger partial charge in [0.1, 0.15) is 5.76 Å². The van der Waals surface area contributed by atoms with Gasteiger partial charge < -0.3 is 9.73 Å². The molecule has 3 atom stereocenters. The molecule has 2 nitrogen and oxygen atoms in total. The van der Waals surface area contributed by atoms with Gasteiger partial charge >= 0.3 is 0 Å². The summed E-state index contributed by atoms with van der Waals surface area (Å²) in [6.45, 7) is 7.72. The summed E-state index contributed by atoms with van der Waals surface area (Å²) in [7, 11) is 0. The molecule has 3 unspecified atom stereocenters. The molecule has 0 aromatic carbocycles. The molecule has 1 heterocycles. The van der Waals surface area contributed by atoms with Crippen LogP contribution in [0.5, 0.6) is 0 Å². The lowest BCUT2D eigenvalue weighted by Crippen LogP contribution is -2.40. The first-order valence-corrected chi connectivity index (χ1v) is 6.45. The van der Waals surface area contributed by atoms with Crippen LogP contribution in [-0.4, -0.2) is 6.04 Å². The molecule has 1 N–H and O–H groups in total. The third-order valence-electron chi connectivity index (χ3n) is 4.20. The van der Waals surface area contributed by atoms with Crippen molar-refractivity contribution in [1.82, 2.24) is 5.32 Å². The Morgan fingerprint density at radius 3 is 2.88 bits per heavy atom. The Kier molecular flexibility index (Phi) is 3.70. The van der Waals surface area contributed by atoms with E-state index < -0.39 is 0 Å². The Morgan fingerprint density at radius 2 is 2.19 bits per heavy atom. The van der Waals surface area contributed by atoms with Crippen LogP contribution in [0.4, 0.5) is 0 Å². The molecule has 0 amide bonds. The molecule has 16 heavy (non-hydrogen) atoms. The number of furan rings is 1. The summed E-state index contributed by atoms with van der Waals surface area (Å²) in [6.07, 6.45) is 5.84. The van der Waals surface area contributed by atoms with Gasteiger partial charge in [0, 0.05) is 6.04 Å². The van der Waals surface area contributed by atoms with Crippen LogP contribution in [0.2, 0.25) is 0 Å². The lowest BCUT2D eigenvalue weighted by atomic mass is 9.78. The van der Waals surface area contributed by atoms with Crippen molar-refractivity contribution in [2.24, 2.45) is 11.8 Å². The molecule has 0 saturated heterocycles. The summed E-state index contributed by atoms with van der Waals surface area (Å²) in [5, 5.41) is 3.65. The summed E-state index contributed by atoms with van der Waals surface area (Å²) >= 11 is 0. The second-order valence-corrected chi connectivity index (χ2v) is 5.28. The van der Waals surface area contributed by atoms with E-state index in [-0.39, 0.29) is 0 Å². The normalized spacial score (nSPS) is 30.6. The molecule has 2 heteroatoms. The van der Waals surface area contributed by atoms with Crippen LogP contribution in [0, 0.1) is 18.8 Å². The number of aryl methyl sites for hydroxylation is 1. The van der Waals surface area contributed by atoms with Crippen molar-refractivity contribution >= 4 is 0 Å². The van der Waals surface area contributed by atoms with E-state index in [0.717, 1.165) is 24.1 Å². The number of hydrogen-bond acceptors (Lipinski definition) is 2. The molecular weight excluding hydrogens is 198 g/mol. The highest BCUT2D eigenvalue weighted by Gasteiger charge is 2.26. The van der Waals surface area contributed by atoms with Gasteiger partial charge in [0.05, 0.1) is 12.8 Å². The first-order chi connectivity index (χ1) is 7.68. The second kappa shape index (κ2) is 5.05. The smallest absolute Gasteiger partial charge is 0.120 e. The van der Waals surface area contributed by atoms with Gasteiger partial charge in [-0.25, -0.2) is 0 Å². The molecule has 0 bridgehead atoms. The summed E-state index contributed by atoms with van der Waals surface area (Å²) in [5.41, 5.74) is 1.25. The highest BCUT2D eigenvalue weighted by molar-refractivity contribution is 5.14. The van der Waals surface area contributed by atoms with Crippen LogP contribution in [0.15, 0.2) is 16.7 Å². The standard InChI is InChI=1S/C14H23NO/c1-10-5-4-6-13(12(10)3)15-9-14-11(2)7-8-16-14/h7-8,10,12-13,15H,4-6,9H2,1-3H3. The fourth-order valence-corrected chi connectivity index (χ4v) is 2.68. The molecule has 1 aliphatic carbocycles. The molecule has 2 rings (SSSR count). The first-order valence-electron chi connectivity index (χ1n) is 6.45. The van der Waals surface area contributed by atoms with Gasteiger partial charge in [-0.3, -0.25) is 0 Å². The van der Waals surface area contributed by atoms with Crippen molar-refractivity contribution in [3.05, 3.63) is 23.7 Å². The van der Waals surface area contributed by atoms with Crippen LogP contribution in [0.25, 0.3) is 0 Å². The highest BCUT2D eigenvalue weighted by atomic mass is 16.3. The number of nitrogens with one attached hydrogen (secondary N) is 1. The van der Waals surface area contributed by atoms with Gasteiger partial charge in [-0.15, -0.1) is 0 Å². The van der Waals surface area contributed by atoms with E-state index in [0.29, 0.717) is 6.04 Å². The van der Waals surface area contributed by atoms with Crippen molar-refractivity contribution in [1.29, 1.82) is 0 Å². The molecule has 1 fully saturated rings. The Bertz CT molecular complexity index is 331. The van der Waals surface area contributed by atoms with Gasteiger partial charge in [0.15, 0.2) is 0 Å². The van der Waals surface area contributed by atoms with E-state index in [4.69, 9.17) is 4.42 Å². The fourth-order valence-electron chi connectivity index (χ4n) is 2.68. The van der Waals surface area contributed by atoms with Crippen LogP contribution in [0.3, 0.4) is 0 Å². The van der Waals surface area contributed by atoms with Crippen LogP contribution >= 0.6 is 0 Å². The summed E-state index contributed by atoms with van der Waals surface area (Å²) in [4.78, 5) is 0. The average molecular weight is 221 g/mol. The van der Waals surface area contributed by atoms with Crippen LogP contribution < -0.4 is 5.32 Å². The van der Waals surface area contributed by atoms with Crippen molar-refractivity contribution in [3.63, 3.8) is 0 Å². The minimum Gasteiger partial charge on any atom is -0.468 e. The monoisotopic (exact) mass is 221 g/mol.